The number of para-hydroxylation sites is 1. The monoisotopic (exact) mass is 301 g/mol. The first-order valence-electron chi connectivity index (χ1n) is 8.20. The predicted molar refractivity (Wildman–Crippen MR) is 91.9 cm³/mol. The lowest BCUT2D eigenvalue weighted by atomic mass is 9.76. The Balaban J connectivity index is 1.87. The molecule has 22 heavy (non-hydrogen) atoms. The van der Waals surface area contributed by atoms with Crippen molar-refractivity contribution >= 4 is 17.3 Å². The summed E-state index contributed by atoms with van der Waals surface area (Å²) >= 11 is 0. The highest BCUT2D eigenvalue weighted by atomic mass is 16.2. The molecule has 0 aliphatic heterocycles. The van der Waals surface area contributed by atoms with Crippen LogP contribution in [0.4, 0.5) is 5.69 Å². The van der Waals surface area contributed by atoms with Crippen LogP contribution in [0.5, 0.6) is 0 Å². The molecule has 0 heterocycles. The Morgan fingerprint density at radius 2 is 2.00 bits per heavy atom. The Morgan fingerprint density at radius 3 is 2.68 bits per heavy atom. The number of hydrazone groups is 1. The highest BCUT2D eigenvalue weighted by molar-refractivity contribution is 5.89. The molecule has 120 valence electrons. The number of carbonyl (C=O) groups excluding carboxylic acids is 1. The van der Waals surface area contributed by atoms with Crippen molar-refractivity contribution in [1.29, 1.82) is 0 Å². The second-order valence-electron chi connectivity index (χ2n) is 6.59. The molecule has 2 atom stereocenters. The van der Waals surface area contributed by atoms with Crippen LogP contribution in [0, 0.1) is 17.8 Å². The molecule has 1 amide bonds. The first kappa shape index (κ1) is 16.5. The van der Waals surface area contributed by atoms with Crippen molar-refractivity contribution in [3.8, 4) is 0 Å². The molecule has 0 aromatic heterocycles. The zero-order valence-corrected chi connectivity index (χ0v) is 13.8. The minimum Gasteiger partial charge on any atom is -0.376 e. The standard InChI is InChI=1S/C18H27N3O/c1-13(2)16-10-9-14(3)11-17(16)20-21-18(22)12-19-15-7-5-4-6-8-15/h4-8,13-14,16,19H,9-12H2,1-3H3,(H,21,22)/b20-17-/t14-,16+/m0/s1. The van der Waals surface area contributed by atoms with Crippen molar-refractivity contribution in [1.82, 2.24) is 5.43 Å². The van der Waals surface area contributed by atoms with E-state index in [-0.39, 0.29) is 12.5 Å². The van der Waals surface area contributed by atoms with Gasteiger partial charge in [-0.25, -0.2) is 5.43 Å². The van der Waals surface area contributed by atoms with Crippen LogP contribution < -0.4 is 10.7 Å². The van der Waals surface area contributed by atoms with Crippen LogP contribution >= 0.6 is 0 Å². The van der Waals surface area contributed by atoms with Crippen molar-refractivity contribution in [2.24, 2.45) is 22.9 Å². The fourth-order valence-corrected chi connectivity index (χ4v) is 3.00. The number of anilines is 1. The van der Waals surface area contributed by atoms with Crippen LogP contribution in [-0.4, -0.2) is 18.2 Å². The van der Waals surface area contributed by atoms with Gasteiger partial charge in [0.15, 0.2) is 0 Å². The summed E-state index contributed by atoms with van der Waals surface area (Å²) in [5.74, 6) is 1.63. The molecule has 2 N–H and O–H groups in total. The summed E-state index contributed by atoms with van der Waals surface area (Å²) in [5, 5.41) is 7.52. The normalized spacial score (nSPS) is 23.5. The Kier molecular flexibility index (Phi) is 5.99. The van der Waals surface area contributed by atoms with E-state index in [0.29, 0.717) is 17.8 Å². The quantitative estimate of drug-likeness (QED) is 0.815. The number of amides is 1. The average molecular weight is 301 g/mol. The minimum atomic E-state index is -0.0999. The first-order valence-corrected chi connectivity index (χ1v) is 8.20. The lowest BCUT2D eigenvalue weighted by Crippen LogP contribution is -2.32. The van der Waals surface area contributed by atoms with Crippen LogP contribution in [-0.2, 0) is 4.79 Å². The summed E-state index contributed by atoms with van der Waals surface area (Å²) < 4.78 is 0. The molecule has 1 aromatic rings. The topological polar surface area (TPSA) is 53.5 Å². The molecule has 4 heteroatoms. The van der Waals surface area contributed by atoms with Crippen molar-refractivity contribution in [2.75, 3.05) is 11.9 Å². The van der Waals surface area contributed by atoms with Crippen molar-refractivity contribution in [2.45, 2.75) is 40.0 Å². The molecule has 1 aromatic carbocycles. The fraction of sp³-hybridized carbons (Fsp3) is 0.556. The number of hydrogen-bond donors (Lipinski definition) is 2. The van der Waals surface area contributed by atoms with Gasteiger partial charge in [0.1, 0.15) is 0 Å². The number of nitrogens with zero attached hydrogens (tertiary/aromatic N) is 1. The molecule has 0 unspecified atom stereocenters. The number of rotatable bonds is 5. The van der Waals surface area contributed by atoms with E-state index in [1.165, 1.54) is 12.8 Å². The summed E-state index contributed by atoms with van der Waals surface area (Å²) in [6, 6.07) is 9.72. The van der Waals surface area contributed by atoms with Gasteiger partial charge in [0.05, 0.1) is 6.54 Å². The van der Waals surface area contributed by atoms with Crippen LogP contribution in [0.1, 0.15) is 40.0 Å². The van der Waals surface area contributed by atoms with Gasteiger partial charge in [-0.3, -0.25) is 4.79 Å². The Labute approximate surface area is 133 Å². The SMILES string of the molecule is CC(C)[C@H]1CC[C@H](C)C/C1=N/NC(=O)CNc1ccccc1. The molecular weight excluding hydrogens is 274 g/mol. The van der Waals surface area contributed by atoms with E-state index in [1.807, 2.05) is 30.3 Å². The molecule has 1 fully saturated rings. The molecule has 1 aliphatic carbocycles. The average Bonchev–Trinajstić information content (AvgIpc) is 2.51. The highest BCUT2D eigenvalue weighted by Gasteiger charge is 2.27. The van der Waals surface area contributed by atoms with E-state index >= 15 is 0 Å². The van der Waals surface area contributed by atoms with Crippen LogP contribution in [0.3, 0.4) is 0 Å². The third-order valence-electron chi connectivity index (χ3n) is 4.31. The van der Waals surface area contributed by atoms with E-state index in [1.54, 1.807) is 0 Å². The smallest absolute Gasteiger partial charge is 0.259 e. The summed E-state index contributed by atoms with van der Waals surface area (Å²) in [7, 11) is 0. The number of benzene rings is 1. The second kappa shape index (κ2) is 7.97. The van der Waals surface area contributed by atoms with E-state index in [2.05, 4.69) is 36.6 Å². The first-order chi connectivity index (χ1) is 10.6. The zero-order chi connectivity index (χ0) is 15.9. The number of nitrogens with one attached hydrogen (secondary N) is 2. The molecule has 0 saturated heterocycles. The van der Waals surface area contributed by atoms with Gasteiger partial charge in [0, 0.05) is 17.3 Å². The van der Waals surface area contributed by atoms with E-state index in [0.717, 1.165) is 17.8 Å². The molecule has 0 spiro atoms. The van der Waals surface area contributed by atoms with Crippen molar-refractivity contribution in [3.63, 3.8) is 0 Å². The molecule has 0 radical (unpaired) electrons. The van der Waals surface area contributed by atoms with Crippen molar-refractivity contribution < 1.29 is 4.79 Å². The fourth-order valence-electron chi connectivity index (χ4n) is 3.00. The van der Waals surface area contributed by atoms with E-state index in [4.69, 9.17) is 0 Å². The van der Waals surface area contributed by atoms with Gasteiger partial charge in [0.25, 0.3) is 5.91 Å². The highest BCUT2D eigenvalue weighted by Crippen LogP contribution is 2.31. The summed E-state index contributed by atoms with van der Waals surface area (Å²) in [5.41, 5.74) is 4.81. The Bertz CT molecular complexity index is 510. The van der Waals surface area contributed by atoms with E-state index < -0.39 is 0 Å². The summed E-state index contributed by atoms with van der Waals surface area (Å²) in [4.78, 5) is 11.9. The summed E-state index contributed by atoms with van der Waals surface area (Å²) in [6.07, 6.45) is 3.43. The predicted octanol–water partition coefficient (Wildman–Crippen LogP) is 3.66. The molecule has 1 saturated carbocycles. The maximum absolute atomic E-state index is 11.9. The second-order valence-corrected chi connectivity index (χ2v) is 6.59. The number of hydrogen-bond acceptors (Lipinski definition) is 3. The van der Waals surface area contributed by atoms with Gasteiger partial charge in [-0.15, -0.1) is 0 Å². The van der Waals surface area contributed by atoms with Crippen LogP contribution in [0.2, 0.25) is 0 Å². The van der Waals surface area contributed by atoms with Gasteiger partial charge >= 0.3 is 0 Å². The van der Waals surface area contributed by atoms with Gasteiger partial charge in [-0.1, -0.05) is 39.0 Å². The molecule has 1 aliphatic rings. The van der Waals surface area contributed by atoms with Gasteiger partial charge < -0.3 is 5.32 Å². The Hall–Kier alpha value is -1.84. The third kappa shape index (κ3) is 4.86. The molecule has 2 rings (SSSR count). The van der Waals surface area contributed by atoms with Crippen LogP contribution in [0.25, 0.3) is 0 Å². The molecular formula is C18H27N3O. The largest absolute Gasteiger partial charge is 0.376 e. The zero-order valence-electron chi connectivity index (χ0n) is 13.8. The maximum Gasteiger partial charge on any atom is 0.259 e. The van der Waals surface area contributed by atoms with Gasteiger partial charge in [-0.05, 0) is 43.2 Å². The maximum atomic E-state index is 11.9. The summed E-state index contributed by atoms with van der Waals surface area (Å²) in [6.45, 7) is 6.96. The molecule has 4 nitrogen and oxygen atoms in total. The van der Waals surface area contributed by atoms with Crippen LogP contribution in [0.15, 0.2) is 35.4 Å². The lowest BCUT2D eigenvalue weighted by Gasteiger charge is -2.30. The molecule has 0 bridgehead atoms. The number of carbonyl (C=O) groups is 1. The van der Waals surface area contributed by atoms with Crippen molar-refractivity contribution in [3.05, 3.63) is 30.3 Å². The Morgan fingerprint density at radius 1 is 1.27 bits per heavy atom. The third-order valence-corrected chi connectivity index (χ3v) is 4.31. The minimum absolute atomic E-state index is 0.0999. The van der Waals surface area contributed by atoms with Gasteiger partial charge in [-0.2, -0.15) is 5.10 Å². The van der Waals surface area contributed by atoms with E-state index in [9.17, 15) is 4.79 Å². The lowest BCUT2D eigenvalue weighted by molar-refractivity contribution is -0.119. The van der Waals surface area contributed by atoms with Gasteiger partial charge in [0.2, 0.25) is 0 Å².